The molecule has 1 aromatic carbocycles. The Morgan fingerprint density at radius 1 is 1.14 bits per heavy atom. The van der Waals surface area contributed by atoms with Crippen LogP contribution in [0.2, 0.25) is 5.02 Å². The highest BCUT2D eigenvalue weighted by atomic mass is 35.5. The number of aromatic nitrogens is 4. The topological polar surface area (TPSA) is 114 Å². The van der Waals surface area contributed by atoms with E-state index in [0.717, 1.165) is 35.0 Å². The van der Waals surface area contributed by atoms with Crippen LogP contribution in [-0.4, -0.2) is 32.9 Å². The second-order valence-electron chi connectivity index (χ2n) is 8.95. The highest BCUT2D eigenvalue weighted by Gasteiger charge is 2.33. The number of nitrogens with zero attached hydrogens (tertiary/aromatic N) is 5. The number of rotatable bonds is 5. The smallest absolute Gasteiger partial charge is 0.269 e. The van der Waals surface area contributed by atoms with Crippen LogP contribution in [0.25, 0.3) is 22.4 Å². The Morgan fingerprint density at radius 3 is 2.56 bits per heavy atom. The summed E-state index contributed by atoms with van der Waals surface area (Å²) in [4.78, 5) is 12.8. The summed E-state index contributed by atoms with van der Waals surface area (Å²) in [5, 5.41) is 13.5. The third-order valence-corrected chi connectivity index (χ3v) is 8.29. The van der Waals surface area contributed by atoms with Gasteiger partial charge in [0, 0.05) is 23.3 Å². The van der Waals surface area contributed by atoms with Gasteiger partial charge in [-0.05, 0) is 38.0 Å². The number of pyridine rings is 1. The molecule has 0 atom stereocenters. The van der Waals surface area contributed by atoms with E-state index in [1.54, 1.807) is 18.2 Å². The molecule has 1 fully saturated rings. The number of halogens is 2. The maximum atomic E-state index is 14.7. The van der Waals surface area contributed by atoms with Crippen molar-refractivity contribution in [2.24, 2.45) is 0 Å². The average molecular weight is 525 g/mol. The van der Waals surface area contributed by atoms with Crippen molar-refractivity contribution < 1.29 is 12.8 Å². The molecule has 0 unspecified atom stereocenters. The van der Waals surface area contributed by atoms with E-state index in [-0.39, 0.29) is 22.2 Å². The number of nitriles is 1. The monoisotopic (exact) mass is 524 g/mol. The number of benzene rings is 1. The van der Waals surface area contributed by atoms with Crippen LogP contribution in [0.15, 0.2) is 53.8 Å². The minimum absolute atomic E-state index is 0.0784. The van der Waals surface area contributed by atoms with E-state index in [2.05, 4.69) is 26.3 Å². The fourth-order valence-corrected chi connectivity index (χ4v) is 5.95. The zero-order chi connectivity index (χ0) is 25.5. The Balaban J connectivity index is 1.64. The van der Waals surface area contributed by atoms with Crippen LogP contribution in [0, 0.1) is 24.1 Å². The molecule has 0 spiro atoms. The highest BCUT2D eigenvalue weighted by molar-refractivity contribution is 7.90. The maximum Gasteiger partial charge on any atom is 0.269 e. The van der Waals surface area contributed by atoms with Crippen LogP contribution >= 0.6 is 11.6 Å². The first-order valence-corrected chi connectivity index (χ1v) is 13.3. The summed E-state index contributed by atoms with van der Waals surface area (Å²) in [5.41, 5.74) is 0.453. The maximum absolute atomic E-state index is 14.7. The molecule has 1 N–H and O–H groups in total. The molecular formula is C25H22ClFN6O2S. The number of hydrogen-bond donors (Lipinski definition) is 1. The molecule has 0 radical (unpaired) electrons. The standard InChI is InChI=1S/C25H22ClFN6O2S/c1-16-5-7-18(8-6-16)36(34,35)33-14-20(19-11-17(26)12-30-24(19)33)22-29-13-21(27)23(31-22)32-25(15-28)9-3-2-4-10-25/h5-8,11-14H,2-4,9-10H2,1H3,(H,29,31,32). The summed E-state index contributed by atoms with van der Waals surface area (Å²) in [6, 6.07) is 10.3. The third kappa shape index (κ3) is 4.29. The molecule has 1 aliphatic rings. The van der Waals surface area contributed by atoms with E-state index in [9.17, 15) is 18.1 Å². The van der Waals surface area contributed by atoms with Crippen molar-refractivity contribution >= 4 is 38.5 Å². The lowest BCUT2D eigenvalue weighted by molar-refractivity contribution is 0.390. The Morgan fingerprint density at radius 2 is 1.86 bits per heavy atom. The lowest BCUT2D eigenvalue weighted by Crippen LogP contribution is -2.39. The molecule has 1 saturated carbocycles. The van der Waals surface area contributed by atoms with E-state index < -0.39 is 21.4 Å². The molecule has 0 amide bonds. The van der Waals surface area contributed by atoms with E-state index >= 15 is 0 Å². The van der Waals surface area contributed by atoms with Crippen molar-refractivity contribution in [3.05, 3.63) is 65.3 Å². The molecule has 184 valence electrons. The van der Waals surface area contributed by atoms with Crippen LogP contribution in [-0.2, 0) is 10.0 Å². The van der Waals surface area contributed by atoms with E-state index in [0.29, 0.717) is 28.8 Å². The number of anilines is 1. The lowest BCUT2D eigenvalue weighted by atomic mass is 9.83. The molecule has 5 rings (SSSR count). The summed E-state index contributed by atoms with van der Waals surface area (Å²) in [6.45, 7) is 1.87. The van der Waals surface area contributed by atoms with Crippen molar-refractivity contribution in [1.82, 2.24) is 18.9 Å². The zero-order valence-corrected chi connectivity index (χ0v) is 20.9. The molecule has 1 aliphatic carbocycles. The summed E-state index contributed by atoms with van der Waals surface area (Å²) in [6.07, 6.45) is 7.61. The number of nitrogens with one attached hydrogen (secondary N) is 1. The number of fused-ring (bicyclic) bond motifs is 1. The normalized spacial score (nSPS) is 15.5. The van der Waals surface area contributed by atoms with Gasteiger partial charge in [-0.2, -0.15) is 5.26 Å². The minimum Gasteiger partial charge on any atom is -0.349 e. The summed E-state index contributed by atoms with van der Waals surface area (Å²) in [7, 11) is -4.01. The second kappa shape index (κ2) is 9.15. The quantitative estimate of drug-likeness (QED) is 0.368. The fraction of sp³-hybridized carbons (Fsp3) is 0.280. The largest absolute Gasteiger partial charge is 0.349 e. The van der Waals surface area contributed by atoms with Crippen LogP contribution in [0.5, 0.6) is 0 Å². The Kier molecular flexibility index (Phi) is 6.14. The van der Waals surface area contributed by atoms with Crippen LogP contribution < -0.4 is 5.32 Å². The van der Waals surface area contributed by atoms with Crippen molar-refractivity contribution in [3.63, 3.8) is 0 Å². The van der Waals surface area contributed by atoms with Crippen molar-refractivity contribution in [2.45, 2.75) is 49.5 Å². The van der Waals surface area contributed by atoms with Gasteiger partial charge in [0.1, 0.15) is 5.54 Å². The molecule has 36 heavy (non-hydrogen) atoms. The SMILES string of the molecule is Cc1ccc(S(=O)(=O)n2cc(-c3ncc(F)c(NC4(C#N)CCCCC4)n3)c3cc(Cl)cnc32)cc1. The minimum atomic E-state index is -4.01. The molecule has 0 bridgehead atoms. The predicted octanol–water partition coefficient (Wildman–Crippen LogP) is 5.47. The number of hydrogen-bond acceptors (Lipinski definition) is 7. The Bertz CT molecular complexity index is 1610. The lowest BCUT2D eigenvalue weighted by Gasteiger charge is -2.32. The van der Waals surface area contributed by atoms with E-state index in [1.165, 1.54) is 24.5 Å². The molecule has 11 heteroatoms. The first-order chi connectivity index (χ1) is 17.2. The Labute approximate surface area is 212 Å². The van der Waals surface area contributed by atoms with Gasteiger partial charge >= 0.3 is 0 Å². The summed E-state index contributed by atoms with van der Waals surface area (Å²) >= 11 is 6.19. The van der Waals surface area contributed by atoms with Crippen molar-refractivity contribution in [2.75, 3.05) is 5.32 Å². The molecule has 8 nitrogen and oxygen atoms in total. The molecule has 3 aromatic heterocycles. The summed E-state index contributed by atoms with van der Waals surface area (Å²) < 4.78 is 42.8. The molecule has 4 aromatic rings. The van der Waals surface area contributed by atoms with Gasteiger partial charge in [-0.3, -0.25) is 0 Å². The van der Waals surface area contributed by atoms with Gasteiger partial charge in [-0.1, -0.05) is 48.6 Å². The van der Waals surface area contributed by atoms with Gasteiger partial charge in [-0.15, -0.1) is 0 Å². The summed E-state index contributed by atoms with van der Waals surface area (Å²) in [5.74, 6) is -0.735. The third-order valence-electron chi connectivity index (χ3n) is 6.42. The second-order valence-corrected chi connectivity index (χ2v) is 11.2. The zero-order valence-electron chi connectivity index (χ0n) is 19.4. The number of aryl methyl sites for hydroxylation is 1. The van der Waals surface area contributed by atoms with Gasteiger partial charge in [0.25, 0.3) is 10.0 Å². The van der Waals surface area contributed by atoms with Crippen LogP contribution in [0.1, 0.15) is 37.7 Å². The van der Waals surface area contributed by atoms with Gasteiger partial charge in [0.2, 0.25) is 0 Å². The van der Waals surface area contributed by atoms with Gasteiger partial charge in [0.05, 0.1) is 22.2 Å². The van der Waals surface area contributed by atoms with Crippen LogP contribution in [0.3, 0.4) is 0 Å². The van der Waals surface area contributed by atoms with Crippen molar-refractivity contribution in [1.29, 1.82) is 5.26 Å². The molecule has 3 heterocycles. The van der Waals surface area contributed by atoms with Crippen LogP contribution in [0.4, 0.5) is 10.2 Å². The van der Waals surface area contributed by atoms with E-state index in [4.69, 9.17) is 11.6 Å². The van der Waals surface area contributed by atoms with E-state index in [1.807, 2.05) is 6.92 Å². The Hall–Kier alpha value is -3.55. The van der Waals surface area contributed by atoms with Crippen molar-refractivity contribution in [3.8, 4) is 17.5 Å². The average Bonchev–Trinajstić information content (AvgIpc) is 3.26. The van der Waals surface area contributed by atoms with Gasteiger partial charge in [0.15, 0.2) is 23.1 Å². The fourth-order valence-electron chi connectivity index (χ4n) is 4.47. The molecular weight excluding hydrogens is 503 g/mol. The van der Waals surface area contributed by atoms with Gasteiger partial charge in [-0.25, -0.2) is 31.7 Å². The molecule has 0 aliphatic heterocycles. The van der Waals surface area contributed by atoms with Gasteiger partial charge < -0.3 is 5.32 Å². The first-order valence-electron chi connectivity index (χ1n) is 11.4. The first kappa shape index (κ1) is 24.2. The molecule has 0 saturated heterocycles. The highest BCUT2D eigenvalue weighted by Crippen LogP contribution is 2.35. The predicted molar refractivity (Wildman–Crippen MR) is 135 cm³/mol.